The van der Waals surface area contributed by atoms with Gasteiger partial charge in [0, 0.05) is 0 Å². The number of anilines is 1. The van der Waals surface area contributed by atoms with Crippen LogP contribution < -0.4 is 5.73 Å². The molecule has 0 bridgehead atoms. The highest BCUT2D eigenvalue weighted by Gasteiger charge is 2.30. The van der Waals surface area contributed by atoms with E-state index in [0.717, 1.165) is 43.3 Å². The zero-order valence-electron chi connectivity index (χ0n) is 31.7. The predicted molar refractivity (Wildman–Crippen MR) is 208 cm³/mol. The number of unbranched alkanes of at least 4 members (excludes halogenated alkanes) is 14. The first-order chi connectivity index (χ1) is 26.0. The molecule has 4 atom stereocenters. The normalized spacial score (nSPS) is 17.2. The number of rotatable bonds is 28. The Labute approximate surface area is 317 Å². The third kappa shape index (κ3) is 16.1. The van der Waals surface area contributed by atoms with E-state index in [0.29, 0.717) is 11.4 Å². The Morgan fingerprint density at radius 1 is 0.981 bits per heavy atom. The molecule has 3 N–H and O–H groups in total. The molecule has 0 aliphatic carbocycles. The van der Waals surface area contributed by atoms with Crippen LogP contribution in [0.25, 0.3) is 5.52 Å². The lowest BCUT2D eigenvalue weighted by Crippen LogP contribution is -2.20. The minimum Gasteiger partial charge on any atom is -0.382 e. The van der Waals surface area contributed by atoms with Gasteiger partial charge in [-0.15, -0.1) is 0 Å². The van der Waals surface area contributed by atoms with Gasteiger partial charge in [0.25, 0.3) is 0 Å². The SMILES string of the molecule is CCCCCCCC/C=C/CCCCCCCCCCC(COP(O)OCC1CCC(c2ccc3c(N)ncnn23)O1)OCc1cc(F)cc(C#N)c1. The van der Waals surface area contributed by atoms with Crippen LogP contribution in [0.4, 0.5) is 10.2 Å². The average Bonchev–Trinajstić information content (AvgIpc) is 3.82. The van der Waals surface area contributed by atoms with Crippen LogP contribution in [0.1, 0.15) is 152 Å². The van der Waals surface area contributed by atoms with Crippen molar-refractivity contribution in [3.8, 4) is 6.07 Å². The molecular formula is C41H61FN5O5P. The number of benzene rings is 1. The topological polar surface area (TPSA) is 137 Å². The molecule has 0 amide bonds. The van der Waals surface area contributed by atoms with Crippen LogP contribution in [0, 0.1) is 17.1 Å². The summed E-state index contributed by atoms with van der Waals surface area (Å²) in [6.07, 6.45) is 27.9. The quantitative estimate of drug-likeness (QED) is 0.0421. The van der Waals surface area contributed by atoms with Gasteiger partial charge in [-0.1, -0.05) is 96.1 Å². The van der Waals surface area contributed by atoms with Gasteiger partial charge in [0.15, 0.2) is 5.82 Å². The van der Waals surface area contributed by atoms with Gasteiger partial charge < -0.3 is 29.1 Å². The van der Waals surface area contributed by atoms with Crippen LogP contribution in [-0.4, -0.2) is 44.9 Å². The minimum absolute atomic E-state index is 0.140. The fourth-order valence-corrected chi connectivity index (χ4v) is 7.46. The molecule has 0 saturated carbocycles. The number of nitrogen functional groups attached to an aromatic ring is 1. The molecule has 1 fully saturated rings. The zero-order chi connectivity index (χ0) is 37.5. The number of hydrogen-bond acceptors (Lipinski definition) is 9. The second kappa shape index (κ2) is 25.2. The summed E-state index contributed by atoms with van der Waals surface area (Å²) < 4.78 is 39.5. The lowest BCUT2D eigenvalue weighted by atomic mass is 10.0. The summed E-state index contributed by atoms with van der Waals surface area (Å²) in [7, 11) is -2.15. The molecule has 0 radical (unpaired) electrons. The van der Waals surface area contributed by atoms with Gasteiger partial charge >= 0.3 is 8.60 Å². The fourth-order valence-electron chi connectivity index (χ4n) is 6.79. The van der Waals surface area contributed by atoms with Gasteiger partial charge in [0.05, 0.1) is 49.4 Å². The highest BCUT2D eigenvalue weighted by molar-refractivity contribution is 7.40. The second-order valence-corrected chi connectivity index (χ2v) is 15.2. The van der Waals surface area contributed by atoms with E-state index in [9.17, 15) is 14.5 Å². The van der Waals surface area contributed by atoms with E-state index in [2.05, 4.69) is 29.2 Å². The van der Waals surface area contributed by atoms with E-state index in [-0.39, 0.29) is 43.7 Å². The number of halogens is 1. The summed E-state index contributed by atoms with van der Waals surface area (Å²) in [5.74, 6) is -0.0580. The molecule has 12 heteroatoms. The number of allylic oxidation sites excluding steroid dienone is 2. The standard InChI is InChI=1S/C41H61FN5O5P/c1-2-3-4-5-6-7-8-9-10-11-12-13-14-15-16-17-18-19-20-36(49-29-34-25-33(28-43)26-35(42)27-34)30-50-53(48)51-31-37-21-24-40(52-37)38-22-23-39-41(44)45-32-46-47(38)39/h9-10,22-23,25-27,32,36-37,40,48H,2-8,11-21,24,29-31H2,1H3,(H2,44,45,46)/b10-9+. The number of ether oxygens (including phenoxy) is 2. The second-order valence-electron chi connectivity index (χ2n) is 14.2. The predicted octanol–water partition coefficient (Wildman–Crippen LogP) is 10.6. The van der Waals surface area contributed by atoms with E-state index in [1.807, 2.05) is 18.2 Å². The first-order valence-corrected chi connectivity index (χ1v) is 21.0. The van der Waals surface area contributed by atoms with Crippen molar-refractivity contribution in [2.45, 2.75) is 154 Å². The summed E-state index contributed by atoms with van der Waals surface area (Å²) >= 11 is 0. The molecule has 0 spiro atoms. The molecule has 3 heterocycles. The highest BCUT2D eigenvalue weighted by Crippen LogP contribution is 2.38. The van der Waals surface area contributed by atoms with Gasteiger partial charge in [-0.25, -0.2) is 13.9 Å². The summed E-state index contributed by atoms with van der Waals surface area (Å²) in [5.41, 5.74) is 8.45. The third-order valence-electron chi connectivity index (χ3n) is 9.80. The van der Waals surface area contributed by atoms with E-state index in [1.165, 1.54) is 108 Å². The van der Waals surface area contributed by atoms with Gasteiger partial charge in [-0.2, -0.15) is 10.4 Å². The van der Waals surface area contributed by atoms with Gasteiger partial charge in [0.2, 0.25) is 0 Å². The maximum atomic E-state index is 14.0. The largest absolute Gasteiger partial charge is 0.382 e. The molecule has 53 heavy (non-hydrogen) atoms. The summed E-state index contributed by atoms with van der Waals surface area (Å²) in [6, 6.07) is 10.0. The first-order valence-electron chi connectivity index (χ1n) is 19.9. The van der Waals surface area contributed by atoms with Crippen LogP contribution in [0.2, 0.25) is 0 Å². The molecule has 3 aromatic rings. The van der Waals surface area contributed by atoms with Crippen LogP contribution >= 0.6 is 8.60 Å². The average molecular weight is 754 g/mol. The Morgan fingerprint density at radius 2 is 1.68 bits per heavy atom. The van der Waals surface area contributed by atoms with Gasteiger partial charge in [-0.05, 0) is 80.8 Å². The molecule has 1 aromatic carbocycles. The zero-order valence-corrected chi connectivity index (χ0v) is 32.6. The summed E-state index contributed by atoms with van der Waals surface area (Å²) in [5, 5.41) is 13.5. The number of nitriles is 1. The summed E-state index contributed by atoms with van der Waals surface area (Å²) in [6.45, 7) is 2.74. The Bertz CT molecular complexity index is 1530. The number of fused-ring (bicyclic) bond motifs is 1. The van der Waals surface area contributed by atoms with Crippen molar-refractivity contribution in [2.24, 2.45) is 0 Å². The van der Waals surface area contributed by atoms with Crippen molar-refractivity contribution in [1.82, 2.24) is 14.6 Å². The lowest BCUT2D eigenvalue weighted by Gasteiger charge is -2.20. The molecule has 1 saturated heterocycles. The van der Waals surface area contributed by atoms with Crippen LogP contribution in [0.3, 0.4) is 0 Å². The van der Waals surface area contributed by atoms with E-state index < -0.39 is 14.4 Å². The van der Waals surface area contributed by atoms with E-state index in [1.54, 1.807) is 10.6 Å². The molecule has 1 aliphatic heterocycles. The Kier molecular flexibility index (Phi) is 20.3. The molecule has 4 unspecified atom stereocenters. The number of hydrogen-bond donors (Lipinski definition) is 2. The number of nitrogens with two attached hydrogens (primary N) is 1. The van der Waals surface area contributed by atoms with Crippen LogP contribution in [-0.2, 0) is 25.1 Å². The van der Waals surface area contributed by atoms with Crippen molar-refractivity contribution in [3.05, 3.63) is 71.4 Å². The molecule has 292 valence electrons. The van der Waals surface area contributed by atoms with Crippen LogP contribution in [0.5, 0.6) is 0 Å². The van der Waals surface area contributed by atoms with Crippen molar-refractivity contribution in [2.75, 3.05) is 18.9 Å². The Morgan fingerprint density at radius 3 is 2.40 bits per heavy atom. The van der Waals surface area contributed by atoms with Crippen molar-refractivity contribution < 1.29 is 27.8 Å². The fraction of sp³-hybridized carbons (Fsp3) is 0.634. The Hall–Kier alpha value is -2.97. The maximum absolute atomic E-state index is 14.0. The Balaban J connectivity index is 1.10. The maximum Gasteiger partial charge on any atom is 0.330 e. The van der Waals surface area contributed by atoms with Crippen molar-refractivity contribution in [1.29, 1.82) is 5.26 Å². The number of aromatic nitrogens is 3. The molecule has 1 aliphatic rings. The molecule has 2 aromatic heterocycles. The van der Waals surface area contributed by atoms with E-state index >= 15 is 0 Å². The van der Waals surface area contributed by atoms with Crippen LogP contribution in [0.15, 0.2) is 48.8 Å². The monoisotopic (exact) mass is 753 g/mol. The highest BCUT2D eigenvalue weighted by atomic mass is 31.2. The van der Waals surface area contributed by atoms with E-state index in [4.69, 9.17) is 24.3 Å². The van der Waals surface area contributed by atoms with Gasteiger partial charge in [0.1, 0.15) is 23.8 Å². The van der Waals surface area contributed by atoms with Crippen molar-refractivity contribution >= 4 is 19.9 Å². The molecule has 4 rings (SSSR count). The first kappa shape index (κ1) is 42.8. The third-order valence-corrected chi connectivity index (χ3v) is 10.5. The molecule has 10 nitrogen and oxygen atoms in total. The number of nitrogens with zero attached hydrogens (tertiary/aromatic N) is 4. The smallest absolute Gasteiger partial charge is 0.330 e. The van der Waals surface area contributed by atoms with Crippen molar-refractivity contribution in [3.63, 3.8) is 0 Å². The summed E-state index contributed by atoms with van der Waals surface area (Å²) in [4.78, 5) is 14.6. The molecular weight excluding hydrogens is 692 g/mol. The lowest BCUT2D eigenvalue weighted by molar-refractivity contribution is -0.00970. The minimum atomic E-state index is -2.15. The van der Waals surface area contributed by atoms with Gasteiger partial charge in [-0.3, -0.25) is 0 Å².